The third-order valence-electron chi connectivity index (χ3n) is 4.93. The standard InChI is InChI=1S/C22H17F4N5O2/c23-7-12-1-3-15(4-2-12)30-21-16-10-27-18(6-13(16)9-29-31-21)20-17(22(24,25)26)5-14(8-28-20)19(33)11-32/h1-6,8-10,19,32-33H,7,11H2,(H,30,31)/t19-/m0/s1. The highest BCUT2D eigenvalue weighted by molar-refractivity contribution is 5.93. The van der Waals surface area contributed by atoms with E-state index in [1.165, 1.54) is 18.5 Å². The van der Waals surface area contributed by atoms with E-state index in [4.69, 9.17) is 5.11 Å². The second kappa shape index (κ2) is 9.04. The van der Waals surface area contributed by atoms with Crippen LogP contribution in [0.5, 0.6) is 0 Å². The maximum absolute atomic E-state index is 13.7. The fraction of sp³-hybridized carbons (Fsp3) is 0.182. The molecule has 4 rings (SSSR count). The summed E-state index contributed by atoms with van der Waals surface area (Å²) in [6.45, 7) is -1.33. The summed E-state index contributed by atoms with van der Waals surface area (Å²) in [5.74, 6) is 0.324. The summed E-state index contributed by atoms with van der Waals surface area (Å²) in [6.07, 6.45) is -2.44. The van der Waals surface area contributed by atoms with Crippen molar-refractivity contribution in [2.45, 2.75) is 19.0 Å². The predicted molar refractivity (Wildman–Crippen MR) is 112 cm³/mol. The Balaban J connectivity index is 1.74. The lowest BCUT2D eigenvalue weighted by Crippen LogP contribution is -2.12. The van der Waals surface area contributed by atoms with Crippen molar-refractivity contribution in [2.75, 3.05) is 11.9 Å². The highest BCUT2D eigenvalue weighted by Gasteiger charge is 2.36. The number of alkyl halides is 4. The number of aromatic nitrogens is 4. The lowest BCUT2D eigenvalue weighted by atomic mass is 10.0. The highest BCUT2D eigenvalue weighted by Crippen LogP contribution is 2.37. The Labute approximate surface area is 184 Å². The van der Waals surface area contributed by atoms with Gasteiger partial charge in [0.15, 0.2) is 5.82 Å². The number of nitrogens with zero attached hydrogens (tertiary/aromatic N) is 4. The summed E-state index contributed by atoms with van der Waals surface area (Å²) >= 11 is 0. The average Bonchev–Trinajstić information content (AvgIpc) is 2.83. The predicted octanol–water partition coefficient (Wildman–Crippen LogP) is 4.34. The first-order valence-electron chi connectivity index (χ1n) is 9.70. The number of benzene rings is 1. The first-order valence-corrected chi connectivity index (χ1v) is 9.70. The number of hydrogen-bond donors (Lipinski definition) is 3. The van der Waals surface area contributed by atoms with Gasteiger partial charge in [-0.2, -0.15) is 18.3 Å². The Kier molecular flexibility index (Phi) is 6.16. The van der Waals surface area contributed by atoms with E-state index in [1.54, 1.807) is 24.3 Å². The maximum atomic E-state index is 13.7. The quantitative estimate of drug-likeness (QED) is 0.369. The molecule has 7 nitrogen and oxygen atoms in total. The summed E-state index contributed by atoms with van der Waals surface area (Å²) in [4.78, 5) is 8.01. The molecule has 170 valence electrons. The van der Waals surface area contributed by atoms with Gasteiger partial charge in [0.25, 0.3) is 0 Å². The molecular formula is C22H17F4N5O2. The number of fused-ring (bicyclic) bond motifs is 1. The molecule has 1 atom stereocenters. The second-order valence-electron chi connectivity index (χ2n) is 7.17. The number of hydrogen-bond acceptors (Lipinski definition) is 7. The third-order valence-corrected chi connectivity index (χ3v) is 4.93. The number of anilines is 2. The van der Waals surface area contributed by atoms with E-state index in [2.05, 4.69) is 25.5 Å². The van der Waals surface area contributed by atoms with Crippen molar-refractivity contribution in [2.24, 2.45) is 0 Å². The molecule has 3 heterocycles. The number of halogens is 4. The van der Waals surface area contributed by atoms with Gasteiger partial charge in [-0.25, -0.2) is 4.39 Å². The number of aliphatic hydroxyl groups excluding tert-OH is 2. The van der Waals surface area contributed by atoms with Crippen molar-refractivity contribution in [3.63, 3.8) is 0 Å². The summed E-state index contributed by atoms with van der Waals surface area (Å²) in [5.41, 5.74) is -0.589. The normalized spacial score (nSPS) is 12.7. The van der Waals surface area contributed by atoms with Gasteiger partial charge < -0.3 is 15.5 Å². The minimum atomic E-state index is -4.76. The van der Waals surface area contributed by atoms with Gasteiger partial charge in [0.2, 0.25) is 0 Å². The van der Waals surface area contributed by atoms with Crippen LogP contribution in [0.25, 0.3) is 22.2 Å². The van der Waals surface area contributed by atoms with Gasteiger partial charge in [-0.15, -0.1) is 5.10 Å². The van der Waals surface area contributed by atoms with Crippen molar-refractivity contribution in [3.05, 3.63) is 71.7 Å². The summed E-state index contributed by atoms with van der Waals surface area (Å²) < 4.78 is 53.8. The molecule has 1 aromatic carbocycles. The zero-order valence-electron chi connectivity index (χ0n) is 16.9. The molecular weight excluding hydrogens is 442 g/mol. The van der Waals surface area contributed by atoms with E-state index >= 15 is 0 Å². The molecule has 0 aliphatic rings. The van der Waals surface area contributed by atoms with Gasteiger partial charge >= 0.3 is 6.18 Å². The Morgan fingerprint density at radius 2 is 1.76 bits per heavy atom. The van der Waals surface area contributed by atoms with Gasteiger partial charge in [-0.1, -0.05) is 12.1 Å². The Hall–Kier alpha value is -3.70. The monoisotopic (exact) mass is 459 g/mol. The molecule has 11 heteroatoms. The van der Waals surface area contributed by atoms with Crippen LogP contribution in [0.3, 0.4) is 0 Å². The van der Waals surface area contributed by atoms with Crippen LogP contribution in [-0.4, -0.2) is 37.0 Å². The van der Waals surface area contributed by atoms with Gasteiger partial charge in [0.1, 0.15) is 18.5 Å². The average molecular weight is 459 g/mol. The lowest BCUT2D eigenvalue weighted by molar-refractivity contribution is -0.137. The topological polar surface area (TPSA) is 104 Å². The highest BCUT2D eigenvalue weighted by atomic mass is 19.4. The minimum Gasteiger partial charge on any atom is -0.393 e. The number of pyridine rings is 2. The van der Waals surface area contributed by atoms with Crippen LogP contribution >= 0.6 is 0 Å². The first kappa shape index (κ1) is 22.5. The summed E-state index contributed by atoms with van der Waals surface area (Å²) in [5, 5.41) is 30.6. The van der Waals surface area contributed by atoms with E-state index in [0.29, 0.717) is 27.8 Å². The van der Waals surface area contributed by atoms with Crippen molar-refractivity contribution in [3.8, 4) is 11.4 Å². The fourth-order valence-corrected chi connectivity index (χ4v) is 3.20. The summed E-state index contributed by atoms with van der Waals surface area (Å²) in [6, 6.07) is 8.70. The third kappa shape index (κ3) is 4.73. The lowest BCUT2D eigenvalue weighted by Gasteiger charge is -2.15. The Bertz CT molecular complexity index is 1280. The van der Waals surface area contributed by atoms with E-state index in [1.807, 2.05) is 0 Å². The van der Waals surface area contributed by atoms with E-state index in [9.17, 15) is 22.7 Å². The molecule has 0 unspecified atom stereocenters. The molecule has 0 fully saturated rings. The fourth-order valence-electron chi connectivity index (χ4n) is 3.20. The zero-order valence-corrected chi connectivity index (χ0v) is 16.9. The van der Waals surface area contributed by atoms with Crippen molar-refractivity contribution in [1.82, 2.24) is 20.2 Å². The second-order valence-corrected chi connectivity index (χ2v) is 7.17. The van der Waals surface area contributed by atoms with Crippen LogP contribution in [0.2, 0.25) is 0 Å². The van der Waals surface area contributed by atoms with Crippen molar-refractivity contribution < 1.29 is 27.8 Å². The Morgan fingerprint density at radius 1 is 1.00 bits per heavy atom. The van der Waals surface area contributed by atoms with Crippen LogP contribution in [-0.2, 0) is 12.9 Å². The smallest absolute Gasteiger partial charge is 0.393 e. The van der Waals surface area contributed by atoms with Crippen LogP contribution in [0.1, 0.15) is 22.8 Å². The molecule has 3 N–H and O–H groups in total. The molecule has 0 aliphatic carbocycles. The van der Waals surface area contributed by atoms with Gasteiger partial charge in [0.05, 0.1) is 24.1 Å². The molecule has 4 aromatic rings. The van der Waals surface area contributed by atoms with Gasteiger partial charge in [-0.05, 0) is 29.8 Å². The van der Waals surface area contributed by atoms with Gasteiger partial charge in [0, 0.05) is 34.4 Å². The van der Waals surface area contributed by atoms with E-state index < -0.39 is 36.8 Å². The molecule has 0 aliphatic heterocycles. The number of aliphatic hydroxyl groups is 2. The van der Waals surface area contributed by atoms with Crippen LogP contribution in [0.15, 0.2) is 55.0 Å². The molecule has 33 heavy (non-hydrogen) atoms. The molecule has 3 aromatic heterocycles. The van der Waals surface area contributed by atoms with Crippen molar-refractivity contribution >= 4 is 22.3 Å². The SMILES string of the molecule is OC[C@H](O)c1cnc(-c2cc3cnnc(Nc4ccc(CF)cc4)c3cn2)c(C(F)(F)F)c1. The van der Waals surface area contributed by atoms with E-state index in [-0.39, 0.29) is 11.3 Å². The molecule has 0 bridgehead atoms. The largest absolute Gasteiger partial charge is 0.418 e. The molecule has 0 saturated carbocycles. The molecule has 0 spiro atoms. The minimum absolute atomic E-state index is 0.0499. The maximum Gasteiger partial charge on any atom is 0.418 e. The first-order chi connectivity index (χ1) is 15.8. The van der Waals surface area contributed by atoms with Crippen LogP contribution in [0, 0.1) is 0 Å². The molecule has 0 radical (unpaired) electrons. The number of rotatable bonds is 6. The number of nitrogens with one attached hydrogen (secondary N) is 1. The van der Waals surface area contributed by atoms with Gasteiger partial charge in [-0.3, -0.25) is 9.97 Å². The van der Waals surface area contributed by atoms with Crippen LogP contribution < -0.4 is 5.32 Å². The molecule has 0 saturated heterocycles. The summed E-state index contributed by atoms with van der Waals surface area (Å²) in [7, 11) is 0. The van der Waals surface area contributed by atoms with Crippen molar-refractivity contribution in [1.29, 1.82) is 0 Å². The van der Waals surface area contributed by atoms with Crippen LogP contribution in [0.4, 0.5) is 29.1 Å². The zero-order chi connectivity index (χ0) is 23.6. The molecule has 0 amide bonds. The Morgan fingerprint density at radius 3 is 2.42 bits per heavy atom. The van der Waals surface area contributed by atoms with E-state index in [0.717, 1.165) is 12.3 Å².